The number of hydrogen-bond acceptors (Lipinski definition) is 2. The van der Waals surface area contributed by atoms with Gasteiger partial charge in [0, 0.05) is 0 Å². The van der Waals surface area contributed by atoms with Gasteiger partial charge in [0.2, 0.25) is 0 Å². The Morgan fingerprint density at radius 1 is 1.22 bits per heavy atom. The van der Waals surface area contributed by atoms with Gasteiger partial charge in [-0.25, -0.2) is 4.79 Å². The van der Waals surface area contributed by atoms with Crippen LogP contribution in [-0.4, -0.2) is 11.1 Å². The lowest BCUT2D eigenvalue weighted by molar-refractivity contribution is 0.0696. The van der Waals surface area contributed by atoms with Crippen LogP contribution in [0.5, 0.6) is 0 Å². The van der Waals surface area contributed by atoms with Crippen molar-refractivity contribution in [1.82, 2.24) is 0 Å². The van der Waals surface area contributed by atoms with Crippen LogP contribution in [0.4, 0.5) is 5.69 Å². The van der Waals surface area contributed by atoms with Crippen molar-refractivity contribution in [3.63, 3.8) is 0 Å². The van der Waals surface area contributed by atoms with Crippen molar-refractivity contribution in [2.45, 2.75) is 6.42 Å². The molecule has 0 atom stereocenters. The van der Waals surface area contributed by atoms with Crippen LogP contribution in [0, 0.1) is 0 Å². The molecule has 0 unspecified atom stereocenters. The number of carboxylic acids is 1. The summed E-state index contributed by atoms with van der Waals surface area (Å²) < 4.78 is 0. The van der Waals surface area contributed by atoms with Crippen molar-refractivity contribution in [1.29, 1.82) is 0 Å². The number of nitrogens with two attached hydrogens (primary N) is 1. The topological polar surface area (TPSA) is 63.3 Å². The monoisotopic (exact) mass is 261 g/mol. The Balaban J connectivity index is 2.34. The van der Waals surface area contributed by atoms with E-state index < -0.39 is 5.97 Å². The maximum Gasteiger partial charge on any atom is 0.335 e. The van der Waals surface area contributed by atoms with Gasteiger partial charge in [-0.15, -0.1) is 0 Å². The zero-order valence-electron chi connectivity index (χ0n) is 9.56. The molecule has 2 aromatic carbocycles. The van der Waals surface area contributed by atoms with Crippen LogP contribution in [0.2, 0.25) is 5.02 Å². The van der Waals surface area contributed by atoms with Crippen LogP contribution in [-0.2, 0) is 6.42 Å². The molecule has 0 radical (unpaired) electrons. The Bertz CT molecular complexity index is 596. The molecule has 0 fully saturated rings. The van der Waals surface area contributed by atoms with Crippen LogP contribution in [0.3, 0.4) is 0 Å². The maximum absolute atomic E-state index is 11.1. The molecule has 2 rings (SSSR count). The van der Waals surface area contributed by atoms with Crippen LogP contribution >= 0.6 is 11.6 Å². The van der Waals surface area contributed by atoms with Crippen molar-refractivity contribution in [2.75, 3.05) is 5.73 Å². The van der Waals surface area contributed by atoms with E-state index in [-0.39, 0.29) is 0 Å². The Morgan fingerprint density at radius 3 is 2.61 bits per heavy atom. The SMILES string of the molecule is Nc1cc(Cc2ccccc2C(=O)O)ccc1Cl. The molecule has 0 saturated carbocycles. The third-order valence-corrected chi connectivity index (χ3v) is 3.05. The predicted molar refractivity (Wildman–Crippen MR) is 72.1 cm³/mol. The molecule has 0 spiro atoms. The molecule has 4 heteroatoms. The van der Waals surface area contributed by atoms with Crippen molar-refractivity contribution in [3.05, 3.63) is 64.2 Å². The summed E-state index contributed by atoms with van der Waals surface area (Å²) in [6, 6.07) is 12.3. The fraction of sp³-hybridized carbons (Fsp3) is 0.0714. The predicted octanol–water partition coefficient (Wildman–Crippen LogP) is 3.21. The van der Waals surface area contributed by atoms with Gasteiger partial charge in [-0.3, -0.25) is 0 Å². The van der Waals surface area contributed by atoms with Crippen LogP contribution in [0.1, 0.15) is 21.5 Å². The molecular formula is C14H12ClNO2. The fourth-order valence-electron chi connectivity index (χ4n) is 1.81. The molecule has 0 aliphatic heterocycles. The Hall–Kier alpha value is -2.00. The molecule has 0 bridgehead atoms. The Morgan fingerprint density at radius 2 is 1.94 bits per heavy atom. The third-order valence-electron chi connectivity index (χ3n) is 2.70. The van der Waals surface area contributed by atoms with Gasteiger partial charge in [-0.05, 0) is 35.7 Å². The van der Waals surface area contributed by atoms with Crippen LogP contribution < -0.4 is 5.73 Å². The van der Waals surface area contributed by atoms with Gasteiger partial charge in [-0.2, -0.15) is 0 Å². The Kier molecular flexibility index (Phi) is 3.53. The number of halogens is 1. The largest absolute Gasteiger partial charge is 0.478 e. The van der Waals surface area contributed by atoms with E-state index in [0.717, 1.165) is 11.1 Å². The summed E-state index contributed by atoms with van der Waals surface area (Å²) in [5.41, 5.74) is 8.23. The zero-order valence-corrected chi connectivity index (χ0v) is 10.3. The van der Waals surface area contributed by atoms with E-state index >= 15 is 0 Å². The quantitative estimate of drug-likeness (QED) is 0.834. The molecule has 0 aliphatic carbocycles. The minimum Gasteiger partial charge on any atom is -0.478 e. The molecule has 92 valence electrons. The van der Waals surface area contributed by atoms with Crippen LogP contribution in [0.25, 0.3) is 0 Å². The van der Waals surface area contributed by atoms with E-state index in [9.17, 15) is 4.79 Å². The van der Waals surface area contributed by atoms with Gasteiger partial charge in [0.15, 0.2) is 0 Å². The van der Waals surface area contributed by atoms with Crippen molar-refractivity contribution >= 4 is 23.3 Å². The van der Waals surface area contributed by atoms with Crippen molar-refractivity contribution in [2.24, 2.45) is 0 Å². The number of nitrogen functional groups attached to an aromatic ring is 1. The molecule has 3 N–H and O–H groups in total. The van der Waals surface area contributed by atoms with Crippen LogP contribution in [0.15, 0.2) is 42.5 Å². The van der Waals surface area contributed by atoms with Gasteiger partial charge < -0.3 is 10.8 Å². The Labute approximate surface area is 110 Å². The zero-order chi connectivity index (χ0) is 13.1. The minimum absolute atomic E-state index is 0.311. The molecular weight excluding hydrogens is 250 g/mol. The number of benzene rings is 2. The third kappa shape index (κ3) is 2.63. The molecule has 0 aromatic heterocycles. The van der Waals surface area contributed by atoms with Gasteiger partial charge in [-0.1, -0.05) is 35.9 Å². The molecule has 0 amide bonds. The average Bonchev–Trinajstić information content (AvgIpc) is 2.34. The van der Waals surface area contributed by atoms with Gasteiger partial charge in [0.05, 0.1) is 16.3 Å². The first-order chi connectivity index (χ1) is 8.58. The lowest BCUT2D eigenvalue weighted by Gasteiger charge is -2.07. The average molecular weight is 262 g/mol. The molecule has 0 aliphatic rings. The van der Waals surface area contributed by atoms with E-state index in [2.05, 4.69) is 0 Å². The summed E-state index contributed by atoms with van der Waals surface area (Å²) in [5, 5.41) is 9.60. The second-order valence-corrected chi connectivity index (χ2v) is 4.40. The molecule has 2 aromatic rings. The van der Waals surface area contributed by atoms with Crippen molar-refractivity contribution < 1.29 is 9.90 Å². The normalized spacial score (nSPS) is 10.3. The lowest BCUT2D eigenvalue weighted by Crippen LogP contribution is -2.03. The second kappa shape index (κ2) is 5.10. The number of rotatable bonds is 3. The van der Waals surface area contributed by atoms with Gasteiger partial charge in [0.1, 0.15) is 0 Å². The summed E-state index contributed by atoms with van der Waals surface area (Å²) in [7, 11) is 0. The summed E-state index contributed by atoms with van der Waals surface area (Å²) >= 11 is 5.85. The minimum atomic E-state index is -0.924. The highest BCUT2D eigenvalue weighted by Crippen LogP contribution is 2.22. The summed E-state index contributed by atoms with van der Waals surface area (Å²) in [5.74, 6) is -0.924. The number of carbonyl (C=O) groups is 1. The number of anilines is 1. The second-order valence-electron chi connectivity index (χ2n) is 3.99. The standard InChI is InChI=1S/C14H12ClNO2/c15-12-6-5-9(8-13(12)16)7-10-3-1-2-4-11(10)14(17)18/h1-6,8H,7,16H2,(H,17,18). The number of aromatic carboxylic acids is 1. The number of carboxylic acid groups (broad SMARTS) is 1. The van der Waals surface area contributed by atoms with E-state index in [1.165, 1.54) is 0 Å². The summed E-state index contributed by atoms with van der Waals surface area (Å²) in [4.78, 5) is 11.1. The van der Waals surface area contributed by atoms with Crippen molar-refractivity contribution in [3.8, 4) is 0 Å². The summed E-state index contributed by atoms with van der Waals surface area (Å²) in [6.07, 6.45) is 0.518. The van der Waals surface area contributed by atoms with E-state index in [1.807, 2.05) is 12.1 Å². The first kappa shape index (κ1) is 12.5. The first-order valence-electron chi connectivity index (χ1n) is 5.43. The van der Waals surface area contributed by atoms with Gasteiger partial charge in [0.25, 0.3) is 0 Å². The fourth-order valence-corrected chi connectivity index (χ4v) is 1.92. The highest BCUT2D eigenvalue weighted by atomic mass is 35.5. The highest BCUT2D eigenvalue weighted by Gasteiger charge is 2.09. The molecule has 3 nitrogen and oxygen atoms in total. The highest BCUT2D eigenvalue weighted by molar-refractivity contribution is 6.33. The van der Waals surface area contributed by atoms with E-state index in [1.54, 1.807) is 30.3 Å². The number of hydrogen-bond donors (Lipinski definition) is 2. The summed E-state index contributed by atoms with van der Waals surface area (Å²) in [6.45, 7) is 0. The molecule has 0 heterocycles. The van der Waals surface area contributed by atoms with Gasteiger partial charge >= 0.3 is 5.97 Å². The van der Waals surface area contributed by atoms with E-state index in [4.69, 9.17) is 22.4 Å². The molecule has 0 saturated heterocycles. The smallest absolute Gasteiger partial charge is 0.335 e. The molecule has 18 heavy (non-hydrogen) atoms. The maximum atomic E-state index is 11.1. The van der Waals surface area contributed by atoms with E-state index in [0.29, 0.717) is 22.7 Å². The first-order valence-corrected chi connectivity index (χ1v) is 5.81. The lowest BCUT2D eigenvalue weighted by atomic mass is 9.99.